The van der Waals surface area contributed by atoms with E-state index in [-0.39, 0.29) is 31.6 Å². The van der Waals surface area contributed by atoms with Crippen LogP contribution in [0.15, 0.2) is 96.9 Å². The van der Waals surface area contributed by atoms with Crippen LogP contribution in [0.2, 0.25) is 0 Å². The maximum Gasteiger partial charge on any atom is 0.155 e. The molecule has 4 rings (SSSR count). The summed E-state index contributed by atoms with van der Waals surface area (Å²) in [5.41, 5.74) is 5.63. The molecule has 4 aromatic rings. The maximum atomic E-state index is 10.0. The number of para-hydroxylation sites is 1. The first-order valence-corrected chi connectivity index (χ1v) is 9.33. The number of fused-ring (bicyclic) bond motifs is 1. The molecule has 30 heavy (non-hydrogen) atoms. The molecule has 1 heterocycles. The second kappa shape index (κ2) is 11.2. The van der Waals surface area contributed by atoms with Gasteiger partial charge >= 0.3 is 0 Å². The molecule has 0 spiro atoms. The summed E-state index contributed by atoms with van der Waals surface area (Å²) in [5.74, 6) is -0.0625. The average molecular weight is 573 g/mol. The van der Waals surface area contributed by atoms with Crippen LogP contribution in [0.25, 0.3) is 33.2 Å². The zero-order chi connectivity index (χ0) is 20.6. The summed E-state index contributed by atoms with van der Waals surface area (Å²) < 4.78 is 0. The van der Waals surface area contributed by atoms with E-state index < -0.39 is 0 Å². The van der Waals surface area contributed by atoms with Crippen molar-refractivity contribution in [3.63, 3.8) is 0 Å². The summed E-state index contributed by atoms with van der Waals surface area (Å²) in [6.07, 6.45) is 3.01. The van der Waals surface area contributed by atoms with E-state index in [1.54, 1.807) is 0 Å². The van der Waals surface area contributed by atoms with E-state index in [9.17, 15) is 4.79 Å². The number of aliphatic hydroxyl groups is 1. The van der Waals surface area contributed by atoms with Crippen molar-refractivity contribution in [1.82, 2.24) is 4.98 Å². The van der Waals surface area contributed by atoms with Gasteiger partial charge in [-0.3, -0.25) is 9.78 Å². The van der Waals surface area contributed by atoms with E-state index in [0.717, 1.165) is 22.0 Å². The Labute approximate surface area is 190 Å². The molecule has 0 unspecified atom stereocenters. The van der Waals surface area contributed by atoms with Gasteiger partial charge in [-0.25, -0.2) is 0 Å². The molecule has 0 fully saturated rings. The number of benzene rings is 3. The number of rotatable bonds is 3. The molecule has 0 aliphatic heterocycles. The molecule has 0 aliphatic carbocycles. The molecular formula is C26H22IrNO2-. The van der Waals surface area contributed by atoms with Crippen LogP contribution < -0.4 is 0 Å². The molecule has 1 radical (unpaired) electrons. The third-order valence-electron chi connectivity index (χ3n) is 4.24. The van der Waals surface area contributed by atoms with Crippen LogP contribution in [0, 0.1) is 6.07 Å². The Balaban J connectivity index is 0.000000350. The second-order valence-electron chi connectivity index (χ2n) is 6.63. The van der Waals surface area contributed by atoms with Crippen molar-refractivity contribution in [2.24, 2.45) is 0 Å². The fourth-order valence-electron chi connectivity index (χ4n) is 3.05. The number of carbonyl (C=O) groups excluding carboxylic acids is 1. The van der Waals surface area contributed by atoms with Crippen molar-refractivity contribution in [2.75, 3.05) is 0 Å². The standard InChI is InChI=1S/C21H14N.C5H8O2.Ir/c1-2-7-16(8-3-1)18-10-4-11-19(15-18)20-13-5-9-17-12-6-14-22-21(17)20;1-4(6)3-5(2)7;/h1-10,12-15H;3,6H,1-2H3;/q-1;;/b;4-3-;. The first-order valence-electron chi connectivity index (χ1n) is 9.33. The summed E-state index contributed by atoms with van der Waals surface area (Å²) in [5, 5.41) is 9.51. The van der Waals surface area contributed by atoms with Gasteiger partial charge in [-0.15, -0.1) is 35.4 Å². The number of hydrogen-bond donors (Lipinski definition) is 1. The van der Waals surface area contributed by atoms with Gasteiger partial charge in [0.25, 0.3) is 0 Å². The topological polar surface area (TPSA) is 50.2 Å². The summed E-state index contributed by atoms with van der Waals surface area (Å²) in [6, 6.07) is 30.3. The normalized spacial score (nSPS) is 10.5. The fraction of sp³-hybridized carbons (Fsp3) is 0.0769. The van der Waals surface area contributed by atoms with Crippen molar-refractivity contribution in [1.29, 1.82) is 0 Å². The molecule has 3 nitrogen and oxygen atoms in total. The monoisotopic (exact) mass is 573 g/mol. The molecule has 153 valence electrons. The number of allylic oxidation sites excluding steroid dienone is 2. The number of nitrogens with zero attached hydrogens (tertiary/aromatic N) is 1. The van der Waals surface area contributed by atoms with Crippen molar-refractivity contribution >= 4 is 16.7 Å². The number of ketones is 1. The van der Waals surface area contributed by atoms with Gasteiger partial charge < -0.3 is 5.11 Å². The minimum absolute atomic E-state index is 0. The summed E-state index contributed by atoms with van der Waals surface area (Å²) in [6.45, 7) is 2.85. The molecule has 3 aromatic carbocycles. The number of pyridine rings is 1. The zero-order valence-electron chi connectivity index (χ0n) is 16.8. The van der Waals surface area contributed by atoms with E-state index in [4.69, 9.17) is 5.11 Å². The molecule has 4 heteroatoms. The van der Waals surface area contributed by atoms with Gasteiger partial charge in [0.05, 0.1) is 5.76 Å². The Kier molecular flexibility index (Phi) is 8.67. The third-order valence-corrected chi connectivity index (χ3v) is 4.24. The predicted octanol–water partition coefficient (Wildman–Crippen LogP) is 6.40. The quantitative estimate of drug-likeness (QED) is 0.176. The van der Waals surface area contributed by atoms with Crippen LogP contribution in [0.3, 0.4) is 0 Å². The van der Waals surface area contributed by atoms with Gasteiger partial charge in [0.1, 0.15) is 0 Å². The van der Waals surface area contributed by atoms with Crippen LogP contribution in [-0.2, 0) is 24.9 Å². The van der Waals surface area contributed by atoms with Gasteiger partial charge in [-0.05, 0) is 30.9 Å². The molecule has 0 amide bonds. The SMILES string of the molecule is CC(=O)/C=C(/C)O.[Ir].[c-]1ccc(-c2ccccc2)cc1-c1cccc2cccnc12. The molecule has 1 aromatic heterocycles. The Morgan fingerprint density at radius 1 is 0.933 bits per heavy atom. The molecule has 0 bridgehead atoms. The van der Waals surface area contributed by atoms with Crippen molar-refractivity contribution in [3.05, 3.63) is 103 Å². The van der Waals surface area contributed by atoms with Crippen LogP contribution in [0.5, 0.6) is 0 Å². The molecule has 0 aliphatic rings. The maximum absolute atomic E-state index is 10.0. The Morgan fingerprint density at radius 3 is 2.33 bits per heavy atom. The van der Waals surface area contributed by atoms with Gasteiger partial charge in [0.2, 0.25) is 0 Å². The van der Waals surface area contributed by atoms with E-state index in [2.05, 4.69) is 71.7 Å². The Morgan fingerprint density at radius 2 is 1.67 bits per heavy atom. The number of hydrogen-bond acceptors (Lipinski definition) is 3. The number of carbonyl (C=O) groups is 1. The third kappa shape index (κ3) is 6.21. The minimum atomic E-state index is -0.125. The average Bonchev–Trinajstić information content (AvgIpc) is 2.73. The van der Waals surface area contributed by atoms with Gasteiger partial charge in [-0.1, -0.05) is 60.2 Å². The Hall–Kier alpha value is -3.07. The predicted molar refractivity (Wildman–Crippen MR) is 119 cm³/mol. The van der Waals surface area contributed by atoms with E-state index in [0.29, 0.717) is 0 Å². The summed E-state index contributed by atoms with van der Waals surface area (Å²) in [4.78, 5) is 14.6. The van der Waals surface area contributed by atoms with Gasteiger partial charge in [0, 0.05) is 37.9 Å². The van der Waals surface area contributed by atoms with E-state index in [1.165, 1.54) is 31.1 Å². The minimum Gasteiger partial charge on any atom is -0.512 e. The Bertz CT molecular complexity index is 1140. The van der Waals surface area contributed by atoms with Crippen molar-refractivity contribution in [2.45, 2.75) is 13.8 Å². The van der Waals surface area contributed by atoms with Gasteiger partial charge in [-0.2, -0.15) is 0 Å². The van der Waals surface area contributed by atoms with E-state index >= 15 is 0 Å². The molecule has 0 saturated carbocycles. The number of aliphatic hydroxyl groups excluding tert-OH is 1. The zero-order valence-corrected chi connectivity index (χ0v) is 19.2. The van der Waals surface area contributed by atoms with Crippen LogP contribution in [0.4, 0.5) is 0 Å². The van der Waals surface area contributed by atoms with Crippen molar-refractivity contribution < 1.29 is 30.0 Å². The molecular weight excluding hydrogens is 551 g/mol. The van der Waals surface area contributed by atoms with Crippen LogP contribution >= 0.6 is 0 Å². The molecule has 0 saturated heterocycles. The number of aromatic nitrogens is 1. The largest absolute Gasteiger partial charge is 0.512 e. The van der Waals surface area contributed by atoms with Crippen molar-refractivity contribution in [3.8, 4) is 22.3 Å². The van der Waals surface area contributed by atoms with Crippen LogP contribution in [-0.4, -0.2) is 15.9 Å². The van der Waals surface area contributed by atoms with Crippen LogP contribution in [0.1, 0.15) is 13.8 Å². The first-order chi connectivity index (χ1) is 14.0. The van der Waals surface area contributed by atoms with E-state index in [1.807, 2.05) is 24.4 Å². The summed E-state index contributed by atoms with van der Waals surface area (Å²) in [7, 11) is 0. The second-order valence-corrected chi connectivity index (χ2v) is 6.63. The van der Waals surface area contributed by atoms with Gasteiger partial charge in [0.15, 0.2) is 5.78 Å². The fourth-order valence-corrected chi connectivity index (χ4v) is 3.05. The smallest absolute Gasteiger partial charge is 0.155 e. The molecule has 1 N–H and O–H groups in total. The summed E-state index contributed by atoms with van der Waals surface area (Å²) >= 11 is 0. The molecule has 0 atom stereocenters. The first kappa shape index (κ1) is 23.2.